The summed E-state index contributed by atoms with van der Waals surface area (Å²) in [5, 5.41) is 1.44. The summed E-state index contributed by atoms with van der Waals surface area (Å²) >= 11 is 0. The summed E-state index contributed by atoms with van der Waals surface area (Å²) in [4.78, 5) is 17.8. The third-order valence-corrected chi connectivity index (χ3v) is 6.85. The lowest BCUT2D eigenvalue weighted by Crippen LogP contribution is -2.34. The standard InChI is InChI=1S/C26H32N4O/c1-2-14-29-19-22(21-8-3-5-10-24(21)29)20-12-17-28(18-13-20)15-7-16-30-25-11-6-4-9-23(25)27-26(30)31/h3-6,8-11,19-20H,2,7,12-18H2,1H3,(H,27,31). The zero-order valence-corrected chi connectivity index (χ0v) is 18.4. The number of hydrogen-bond acceptors (Lipinski definition) is 2. The first-order valence-corrected chi connectivity index (χ1v) is 11.7. The zero-order valence-electron chi connectivity index (χ0n) is 18.4. The molecule has 0 bridgehead atoms. The van der Waals surface area contributed by atoms with E-state index in [2.05, 4.69) is 51.8 Å². The van der Waals surface area contributed by atoms with E-state index >= 15 is 0 Å². The molecule has 0 spiro atoms. The van der Waals surface area contributed by atoms with Gasteiger partial charge in [0.05, 0.1) is 11.0 Å². The van der Waals surface area contributed by atoms with Crippen LogP contribution in [0.15, 0.2) is 59.5 Å². The predicted molar refractivity (Wildman–Crippen MR) is 128 cm³/mol. The fraction of sp³-hybridized carbons (Fsp3) is 0.423. The maximum Gasteiger partial charge on any atom is 0.326 e. The Labute approximate surface area is 183 Å². The molecule has 2 aromatic heterocycles. The fourth-order valence-corrected chi connectivity index (χ4v) is 5.28. The van der Waals surface area contributed by atoms with Gasteiger partial charge in [0.1, 0.15) is 0 Å². The molecular formula is C26H32N4O. The van der Waals surface area contributed by atoms with E-state index in [-0.39, 0.29) is 5.69 Å². The van der Waals surface area contributed by atoms with Gasteiger partial charge in [-0.1, -0.05) is 37.3 Å². The van der Waals surface area contributed by atoms with Gasteiger partial charge >= 0.3 is 5.69 Å². The van der Waals surface area contributed by atoms with Gasteiger partial charge in [-0.05, 0) is 75.0 Å². The van der Waals surface area contributed by atoms with Gasteiger partial charge in [-0.2, -0.15) is 0 Å². The van der Waals surface area contributed by atoms with Crippen LogP contribution in [0.25, 0.3) is 21.9 Å². The molecule has 31 heavy (non-hydrogen) atoms. The number of likely N-dealkylation sites (tertiary alicyclic amines) is 1. The molecule has 0 radical (unpaired) electrons. The third-order valence-electron chi connectivity index (χ3n) is 6.85. The highest BCUT2D eigenvalue weighted by atomic mass is 16.1. The van der Waals surface area contributed by atoms with E-state index in [1.807, 2.05) is 28.8 Å². The van der Waals surface area contributed by atoms with E-state index in [1.165, 1.54) is 29.3 Å². The van der Waals surface area contributed by atoms with Crippen LogP contribution in [-0.4, -0.2) is 38.7 Å². The first-order chi connectivity index (χ1) is 15.2. The molecule has 0 amide bonds. The number of aromatic nitrogens is 3. The first-order valence-electron chi connectivity index (χ1n) is 11.7. The Morgan fingerprint density at radius 1 is 0.935 bits per heavy atom. The van der Waals surface area contributed by atoms with Gasteiger partial charge in [-0.15, -0.1) is 0 Å². The summed E-state index contributed by atoms with van der Waals surface area (Å²) in [6.07, 6.45) is 7.01. The summed E-state index contributed by atoms with van der Waals surface area (Å²) < 4.78 is 4.32. The molecule has 1 fully saturated rings. The van der Waals surface area contributed by atoms with Gasteiger partial charge < -0.3 is 14.5 Å². The molecule has 1 N–H and O–H groups in total. The second-order valence-corrected chi connectivity index (χ2v) is 8.86. The van der Waals surface area contributed by atoms with Crippen LogP contribution in [0.1, 0.15) is 44.1 Å². The lowest BCUT2D eigenvalue weighted by molar-refractivity contribution is 0.207. The number of piperidine rings is 1. The minimum atomic E-state index is 0.00313. The van der Waals surface area contributed by atoms with E-state index in [4.69, 9.17) is 0 Å². The summed E-state index contributed by atoms with van der Waals surface area (Å²) in [5.41, 5.74) is 4.86. The summed E-state index contributed by atoms with van der Waals surface area (Å²) in [6.45, 7) is 7.44. The number of rotatable bonds is 7. The largest absolute Gasteiger partial charge is 0.347 e. The van der Waals surface area contributed by atoms with Crippen LogP contribution < -0.4 is 5.69 Å². The summed E-state index contributed by atoms with van der Waals surface area (Å²) in [7, 11) is 0. The van der Waals surface area contributed by atoms with Crippen LogP contribution in [0, 0.1) is 0 Å². The van der Waals surface area contributed by atoms with Crippen molar-refractivity contribution in [1.29, 1.82) is 0 Å². The van der Waals surface area contributed by atoms with Crippen LogP contribution in [0.3, 0.4) is 0 Å². The smallest absolute Gasteiger partial charge is 0.326 e. The lowest BCUT2D eigenvalue weighted by Gasteiger charge is -2.32. The van der Waals surface area contributed by atoms with Crippen LogP contribution >= 0.6 is 0 Å². The van der Waals surface area contributed by atoms with Crippen LogP contribution in [-0.2, 0) is 13.1 Å². The monoisotopic (exact) mass is 416 g/mol. The van der Waals surface area contributed by atoms with Crippen molar-refractivity contribution in [2.45, 2.75) is 51.6 Å². The molecule has 1 aliphatic heterocycles. The molecule has 5 rings (SSSR count). The minimum absolute atomic E-state index is 0.00313. The molecule has 1 aliphatic rings. The molecule has 0 saturated carbocycles. The van der Waals surface area contributed by atoms with Crippen molar-refractivity contribution in [2.75, 3.05) is 19.6 Å². The van der Waals surface area contributed by atoms with E-state index in [0.29, 0.717) is 5.92 Å². The number of aromatic amines is 1. The summed E-state index contributed by atoms with van der Waals surface area (Å²) in [5.74, 6) is 0.649. The maximum atomic E-state index is 12.3. The van der Waals surface area contributed by atoms with Crippen molar-refractivity contribution in [2.24, 2.45) is 0 Å². The van der Waals surface area contributed by atoms with Crippen molar-refractivity contribution in [3.63, 3.8) is 0 Å². The van der Waals surface area contributed by atoms with Gasteiger partial charge in [0.25, 0.3) is 0 Å². The highest BCUT2D eigenvalue weighted by molar-refractivity contribution is 5.84. The molecule has 0 aliphatic carbocycles. The molecule has 3 heterocycles. The van der Waals surface area contributed by atoms with E-state index in [0.717, 1.165) is 56.6 Å². The van der Waals surface area contributed by atoms with Gasteiger partial charge in [-0.3, -0.25) is 4.57 Å². The molecule has 4 aromatic rings. The van der Waals surface area contributed by atoms with Crippen LogP contribution in [0.2, 0.25) is 0 Å². The molecule has 1 saturated heterocycles. The molecular weight excluding hydrogens is 384 g/mol. The highest BCUT2D eigenvalue weighted by Crippen LogP contribution is 2.34. The van der Waals surface area contributed by atoms with Crippen molar-refractivity contribution >= 4 is 21.9 Å². The topological polar surface area (TPSA) is 46.0 Å². The fourth-order valence-electron chi connectivity index (χ4n) is 5.28. The molecule has 0 unspecified atom stereocenters. The third kappa shape index (κ3) is 3.94. The molecule has 0 atom stereocenters. The minimum Gasteiger partial charge on any atom is -0.347 e. The Morgan fingerprint density at radius 2 is 1.68 bits per heavy atom. The number of nitrogens with one attached hydrogen (secondary N) is 1. The van der Waals surface area contributed by atoms with Crippen molar-refractivity contribution in [1.82, 2.24) is 19.0 Å². The number of imidazole rings is 1. The number of benzene rings is 2. The Kier molecular flexibility index (Phi) is 5.68. The second kappa shape index (κ2) is 8.75. The number of aryl methyl sites for hydroxylation is 2. The van der Waals surface area contributed by atoms with Crippen molar-refractivity contribution < 1.29 is 0 Å². The SMILES string of the molecule is CCCn1cc(C2CCN(CCCn3c(=O)[nH]c4ccccc43)CC2)c2ccccc21. The Bertz CT molecular complexity index is 1220. The Hall–Kier alpha value is -2.79. The average Bonchev–Trinajstić information content (AvgIpc) is 3.32. The van der Waals surface area contributed by atoms with Gasteiger partial charge in [0.15, 0.2) is 0 Å². The van der Waals surface area contributed by atoms with Gasteiger partial charge in [0.2, 0.25) is 0 Å². The molecule has 2 aromatic carbocycles. The van der Waals surface area contributed by atoms with Gasteiger partial charge in [0, 0.05) is 30.2 Å². The molecule has 162 valence electrons. The summed E-state index contributed by atoms with van der Waals surface area (Å²) in [6, 6.07) is 16.8. The first kappa shape index (κ1) is 20.1. The van der Waals surface area contributed by atoms with E-state index in [1.54, 1.807) is 0 Å². The molecule has 5 nitrogen and oxygen atoms in total. The lowest BCUT2D eigenvalue weighted by atomic mass is 9.89. The van der Waals surface area contributed by atoms with Crippen LogP contribution in [0.5, 0.6) is 0 Å². The quantitative estimate of drug-likeness (QED) is 0.463. The van der Waals surface area contributed by atoms with Crippen LogP contribution in [0.4, 0.5) is 0 Å². The number of hydrogen-bond donors (Lipinski definition) is 1. The van der Waals surface area contributed by atoms with Crippen molar-refractivity contribution in [3.8, 4) is 0 Å². The van der Waals surface area contributed by atoms with Crippen molar-refractivity contribution in [3.05, 3.63) is 70.8 Å². The zero-order chi connectivity index (χ0) is 21.2. The number of fused-ring (bicyclic) bond motifs is 2. The van der Waals surface area contributed by atoms with E-state index in [9.17, 15) is 4.79 Å². The maximum absolute atomic E-state index is 12.3. The van der Waals surface area contributed by atoms with Gasteiger partial charge in [-0.25, -0.2) is 4.79 Å². The number of nitrogens with zero attached hydrogens (tertiary/aromatic N) is 3. The predicted octanol–water partition coefficient (Wildman–Crippen LogP) is 4.96. The van der Waals surface area contributed by atoms with E-state index < -0.39 is 0 Å². The Morgan fingerprint density at radius 3 is 2.48 bits per heavy atom. The Balaban J connectivity index is 1.20. The number of para-hydroxylation sites is 3. The highest BCUT2D eigenvalue weighted by Gasteiger charge is 2.23. The number of H-pyrrole nitrogens is 1. The second-order valence-electron chi connectivity index (χ2n) is 8.86. The average molecular weight is 417 g/mol. The normalized spacial score (nSPS) is 15.9. The molecule has 5 heteroatoms.